The molecule has 224 valence electrons. The van der Waals surface area contributed by atoms with Crippen molar-refractivity contribution in [2.75, 3.05) is 53.3 Å². The second-order valence-electron chi connectivity index (χ2n) is 9.68. The topological polar surface area (TPSA) is 167 Å². The number of benzene rings is 2. The number of aliphatic carboxylic acids is 2. The third-order valence-corrected chi connectivity index (χ3v) is 6.64. The number of amides is 3. The quantitative estimate of drug-likeness (QED) is 0.190. The van der Waals surface area contributed by atoms with Crippen molar-refractivity contribution >= 4 is 29.6 Å². The van der Waals surface area contributed by atoms with Gasteiger partial charge in [-0.1, -0.05) is 6.07 Å². The van der Waals surface area contributed by atoms with Crippen molar-refractivity contribution in [1.82, 2.24) is 15.5 Å². The molecule has 0 spiro atoms. The van der Waals surface area contributed by atoms with E-state index in [1.165, 1.54) is 11.1 Å². The van der Waals surface area contributed by atoms with E-state index in [4.69, 9.17) is 29.3 Å². The van der Waals surface area contributed by atoms with E-state index >= 15 is 0 Å². The molecule has 2 aromatic carbocycles. The van der Waals surface area contributed by atoms with Crippen molar-refractivity contribution in [3.63, 3.8) is 0 Å². The van der Waals surface area contributed by atoms with Crippen LogP contribution in [0.2, 0.25) is 0 Å². The molecular weight excluding hydrogens is 532 g/mol. The molecule has 3 rings (SSSR count). The number of hydrogen-bond donors (Lipinski definition) is 5. The van der Waals surface area contributed by atoms with Crippen LogP contribution >= 0.6 is 0 Å². The first kappa shape index (κ1) is 32.9. The molecule has 0 bridgehead atoms. The minimum Gasteiger partial charge on any atom is -0.497 e. The number of methoxy groups -OCH3 is 2. The van der Waals surface area contributed by atoms with Gasteiger partial charge in [-0.3, -0.25) is 4.79 Å². The first-order chi connectivity index (χ1) is 19.6. The van der Waals surface area contributed by atoms with Crippen LogP contribution < -0.4 is 25.4 Å². The number of nitrogens with zero attached hydrogens (tertiary/aromatic N) is 1. The van der Waals surface area contributed by atoms with Crippen LogP contribution in [-0.4, -0.2) is 86.9 Å². The fraction of sp³-hybridized carbons (Fsp3) is 0.448. The van der Waals surface area contributed by atoms with Gasteiger partial charge in [0.05, 0.1) is 14.2 Å². The van der Waals surface area contributed by atoms with Crippen LogP contribution in [0.4, 0.5) is 10.5 Å². The van der Waals surface area contributed by atoms with Crippen LogP contribution in [0.25, 0.3) is 0 Å². The van der Waals surface area contributed by atoms with Crippen molar-refractivity contribution in [3.8, 4) is 11.5 Å². The number of rotatable bonds is 12. The lowest BCUT2D eigenvalue weighted by Crippen LogP contribution is -2.32. The van der Waals surface area contributed by atoms with Gasteiger partial charge >= 0.3 is 18.0 Å². The van der Waals surface area contributed by atoms with E-state index < -0.39 is 11.9 Å². The molecule has 0 saturated carbocycles. The molecule has 1 aliphatic carbocycles. The lowest BCUT2D eigenvalue weighted by molar-refractivity contribution is -0.159. The van der Waals surface area contributed by atoms with Crippen molar-refractivity contribution in [3.05, 3.63) is 53.1 Å². The number of fused-ring (bicyclic) bond motifs is 1. The maximum atomic E-state index is 12.7. The Labute approximate surface area is 240 Å². The lowest BCUT2D eigenvalue weighted by Gasteiger charge is -2.17. The van der Waals surface area contributed by atoms with Crippen molar-refractivity contribution in [2.24, 2.45) is 5.92 Å². The van der Waals surface area contributed by atoms with E-state index in [0.29, 0.717) is 13.0 Å². The highest BCUT2D eigenvalue weighted by Crippen LogP contribution is 2.29. The predicted molar refractivity (Wildman–Crippen MR) is 154 cm³/mol. The number of carboxylic acid groups (broad SMARTS) is 2. The van der Waals surface area contributed by atoms with Gasteiger partial charge in [-0.15, -0.1) is 0 Å². The smallest absolute Gasteiger partial charge is 0.414 e. The SMILES string of the molecule is CNC(=O)Nc1ccc2c(c1)CC(C(=O)NCCCCN(C)CCc1cc(OC)cc(OC)c1)C2.O=C(O)C(=O)O. The number of ether oxygens (including phenoxy) is 2. The number of hydrogen-bond acceptors (Lipinski definition) is 7. The zero-order valence-electron chi connectivity index (χ0n) is 24.0. The second-order valence-corrected chi connectivity index (χ2v) is 9.68. The first-order valence-electron chi connectivity index (χ1n) is 13.3. The molecule has 3 amide bonds. The maximum absolute atomic E-state index is 12.7. The van der Waals surface area contributed by atoms with Crippen LogP contribution in [0.3, 0.4) is 0 Å². The van der Waals surface area contributed by atoms with E-state index in [9.17, 15) is 9.59 Å². The molecular formula is C29H40N4O8. The number of carbonyl (C=O) groups excluding carboxylic acids is 2. The number of likely N-dealkylation sites (N-methyl/N-ethyl adjacent to an activating group) is 1. The summed E-state index contributed by atoms with van der Waals surface area (Å²) in [6.45, 7) is 2.61. The van der Waals surface area contributed by atoms with Gasteiger partial charge in [0.2, 0.25) is 5.91 Å². The summed E-state index contributed by atoms with van der Waals surface area (Å²) in [5.41, 5.74) is 4.26. The number of anilines is 1. The second kappa shape index (κ2) is 16.7. The molecule has 1 unspecified atom stereocenters. The van der Waals surface area contributed by atoms with Crippen LogP contribution in [0.5, 0.6) is 11.5 Å². The first-order valence-corrected chi connectivity index (χ1v) is 13.3. The molecule has 0 fully saturated rings. The van der Waals surface area contributed by atoms with Crippen LogP contribution in [0, 0.1) is 5.92 Å². The number of carboxylic acids is 2. The Morgan fingerprint density at radius 1 is 0.902 bits per heavy atom. The molecule has 5 N–H and O–H groups in total. The Kier molecular flexibility index (Phi) is 13.4. The third-order valence-electron chi connectivity index (χ3n) is 6.64. The zero-order chi connectivity index (χ0) is 30.4. The molecule has 0 radical (unpaired) electrons. The predicted octanol–water partition coefficient (Wildman–Crippen LogP) is 2.40. The molecule has 1 atom stereocenters. The fourth-order valence-corrected chi connectivity index (χ4v) is 4.38. The average Bonchev–Trinajstić information content (AvgIpc) is 3.39. The fourth-order valence-electron chi connectivity index (χ4n) is 4.38. The van der Waals surface area contributed by atoms with Gasteiger partial charge in [0.25, 0.3) is 0 Å². The van der Waals surface area contributed by atoms with Gasteiger partial charge in [-0.2, -0.15) is 0 Å². The summed E-state index contributed by atoms with van der Waals surface area (Å²) in [5, 5.41) is 23.2. The summed E-state index contributed by atoms with van der Waals surface area (Å²) in [6.07, 6.45) is 4.35. The highest BCUT2D eigenvalue weighted by molar-refractivity contribution is 6.27. The minimum absolute atomic E-state index is 0.0391. The number of carbonyl (C=O) groups is 4. The normalized spacial score (nSPS) is 13.3. The molecule has 0 aromatic heterocycles. The molecule has 41 heavy (non-hydrogen) atoms. The van der Waals surface area contributed by atoms with E-state index in [0.717, 1.165) is 61.5 Å². The summed E-state index contributed by atoms with van der Waals surface area (Å²) in [4.78, 5) is 44.7. The van der Waals surface area contributed by atoms with Crippen LogP contribution in [0.15, 0.2) is 36.4 Å². The summed E-state index contributed by atoms with van der Waals surface area (Å²) in [6, 6.07) is 11.6. The van der Waals surface area contributed by atoms with E-state index in [2.05, 4.69) is 27.9 Å². The van der Waals surface area contributed by atoms with Gasteiger partial charge in [0, 0.05) is 37.8 Å². The Morgan fingerprint density at radius 3 is 2.12 bits per heavy atom. The molecule has 1 aliphatic rings. The van der Waals surface area contributed by atoms with Crippen LogP contribution in [0.1, 0.15) is 29.5 Å². The summed E-state index contributed by atoms with van der Waals surface area (Å²) in [7, 11) is 7.04. The van der Waals surface area contributed by atoms with Gasteiger partial charge in [-0.05, 0) is 86.7 Å². The zero-order valence-corrected chi connectivity index (χ0v) is 24.0. The van der Waals surface area contributed by atoms with Crippen molar-refractivity contribution < 1.29 is 38.9 Å². The summed E-state index contributed by atoms with van der Waals surface area (Å²) < 4.78 is 10.7. The van der Waals surface area contributed by atoms with Crippen LogP contribution in [-0.2, 0) is 33.6 Å². The van der Waals surface area contributed by atoms with E-state index in [-0.39, 0.29) is 17.9 Å². The monoisotopic (exact) mass is 572 g/mol. The molecule has 0 aliphatic heterocycles. The maximum Gasteiger partial charge on any atom is 0.414 e. The third kappa shape index (κ3) is 11.4. The number of urea groups is 1. The molecule has 0 heterocycles. The van der Waals surface area contributed by atoms with Gasteiger partial charge in [0.1, 0.15) is 11.5 Å². The van der Waals surface area contributed by atoms with Gasteiger partial charge < -0.3 is 40.5 Å². The Morgan fingerprint density at radius 2 is 1.54 bits per heavy atom. The molecule has 2 aromatic rings. The average molecular weight is 573 g/mol. The standard InChI is InChI=1S/C27H38N4O4.C2H2O4/c1-28-27(33)30-23-8-7-20-15-22(16-21(20)17-23)26(32)29-10-5-6-11-31(2)12-9-19-13-24(34-3)18-25(14-19)35-4;3-1(4)2(5)6/h7-8,13-14,17-18,22H,5-6,9-12,15-16H2,1-4H3,(H,29,32)(H2,28,30,33);(H,3,4)(H,5,6). The van der Waals surface area contributed by atoms with E-state index in [1.807, 2.05) is 36.4 Å². The molecule has 12 heteroatoms. The summed E-state index contributed by atoms with van der Waals surface area (Å²) in [5.74, 6) is -1.96. The Hall–Kier alpha value is -4.32. The minimum atomic E-state index is -1.82. The highest BCUT2D eigenvalue weighted by Gasteiger charge is 2.27. The molecule has 12 nitrogen and oxygen atoms in total. The van der Waals surface area contributed by atoms with Crippen molar-refractivity contribution in [1.29, 1.82) is 0 Å². The summed E-state index contributed by atoms with van der Waals surface area (Å²) >= 11 is 0. The number of unbranched alkanes of at least 4 members (excludes halogenated alkanes) is 1. The Bertz CT molecular complexity index is 1170. The van der Waals surface area contributed by atoms with Gasteiger partial charge in [-0.25, -0.2) is 14.4 Å². The Balaban J connectivity index is 0.000000883. The largest absolute Gasteiger partial charge is 0.497 e. The highest BCUT2D eigenvalue weighted by atomic mass is 16.5. The van der Waals surface area contributed by atoms with E-state index in [1.54, 1.807) is 21.3 Å². The molecule has 0 saturated heterocycles. The number of nitrogens with one attached hydrogen (secondary N) is 3. The van der Waals surface area contributed by atoms with Gasteiger partial charge in [0.15, 0.2) is 0 Å². The lowest BCUT2D eigenvalue weighted by atomic mass is 10.1. The van der Waals surface area contributed by atoms with Crippen molar-refractivity contribution in [2.45, 2.75) is 32.1 Å².